The molecule has 11 rings (SSSR count). The Morgan fingerprint density at radius 3 is 0.951 bits per heavy atom. The molecule has 0 saturated heterocycles. The summed E-state index contributed by atoms with van der Waals surface area (Å²) in [5.74, 6) is -0.588. The summed E-state index contributed by atoms with van der Waals surface area (Å²) in [4.78, 5) is 72.9. The van der Waals surface area contributed by atoms with Crippen LogP contribution in [0.15, 0.2) is 84.9 Å². The zero-order chi connectivity index (χ0) is 57.9. The first kappa shape index (κ1) is 56.8. The number of aromatic amines is 4. The van der Waals surface area contributed by atoms with Gasteiger partial charge < -0.3 is 41.2 Å². The van der Waals surface area contributed by atoms with Crippen LogP contribution in [0.3, 0.4) is 0 Å². The van der Waals surface area contributed by atoms with Gasteiger partial charge in [0.2, 0.25) is 23.6 Å². The van der Waals surface area contributed by atoms with Crippen molar-refractivity contribution in [3.63, 3.8) is 0 Å². The summed E-state index contributed by atoms with van der Waals surface area (Å²) in [6.45, 7) is 21.6. The normalized spacial score (nSPS) is 21.2. The summed E-state index contributed by atoms with van der Waals surface area (Å²) in [6.07, 6.45) is 15.9. The van der Waals surface area contributed by atoms with Gasteiger partial charge in [-0.05, 0) is 157 Å². The highest BCUT2D eigenvalue weighted by molar-refractivity contribution is 6.06. The molecular formula is C70H88N8O4. The first-order valence-corrected chi connectivity index (χ1v) is 30.9. The van der Waals surface area contributed by atoms with E-state index in [1.165, 1.54) is 12.8 Å². The summed E-state index contributed by atoms with van der Waals surface area (Å²) in [5, 5.41) is 17.1. The molecule has 5 heterocycles. The number of hydrogen-bond donors (Lipinski definition) is 8. The van der Waals surface area contributed by atoms with Crippen LogP contribution in [0.4, 0.5) is 22.7 Å². The highest BCUT2D eigenvalue weighted by Crippen LogP contribution is 2.55. The first-order valence-electron chi connectivity index (χ1n) is 30.9. The van der Waals surface area contributed by atoms with Gasteiger partial charge in [0.25, 0.3) is 0 Å². The molecule has 12 nitrogen and oxygen atoms in total. The molecule has 2 aromatic carbocycles. The molecule has 8 N–H and O–H groups in total. The second-order valence-electron chi connectivity index (χ2n) is 27.6. The van der Waals surface area contributed by atoms with Crippen LogP contribution in [-0.4, -0.2) is 43.6 Å². The van der Waals surface area contributed by atoms with E-state index in [-0.39, 0.29) is 69.0 Å². The molecule has 0 spiro atoms. The van der Waals surface area contributed by atoms with Gasteiger partial charge >= 0.3 is 0 Å². The Morgan fingerprint density at radius 2 is 0.659 bits per heavy atom. The van der Waals surface area contributed by atoms with Crippen molar-refractivity contribution in [1.82, 2.24) is 19.9 Å². The minimum atomic E-state index is -0.122. The SMILES string of the molecule is CCCCCCCC1=c2ccc([nH]2)=C(c2c(NC(=O)[C@H]3CC3(C)C)cccc2NC(=O)[C@@H]2CC2(C)C)c2ccc([nH]2)C(CCCCCCC)=c2ccc([nH]2)=C(c2c(NC(=O)[C@H]3CC3(C)C)cccc2NC(=O)[C@@H]2CC2(C)C)c2ccc1[nH]2. The molecule has 82 heavy (non-hydrogen) atoms. The third kappa shape index (κ3) is 11.8. The zero-order valence-electron chi connectivity index (χ0n) is 50.3. The van der Waals surface area contributed by atoms with Gasteiger partial charge in [0.15, 0.2) is 0 Å². The molecule has 8 bridgehead atoms. The molecule has 4 fully saturated rings. The Labute approximate surface area is 484 Å². The van der Waals surface area contributed by atoms with Gasteiger partial charge in [0.1, 0.15) is 0 Å². The molecule has 0 unspecified atom stereocenters. The number of amides is 4. The Morgan fingerprint density at radius 1 is 0.378 bits per heavy atom. The third-order valence-electron chi connectivity index (χ3n) is 19.2. The predicted octanol–water partition coefficient (Wildman–Crippen LogP) is 12.9. The largest absolute Gasteiger partial charge is 0.355 e. The summed E-state index contributed by atoms with van der Waals surface area (Å²) >= 11 is 0. The predicted molar refractivity (Wildman–Crippen MR) is 332 cm³/mol. The van der Waals surface area contributed by atoms with Crippen LogP contribution in [0.25, 0.3) is 22.3 Å². The van der Waals surface area contributed by atoms with Crippen molar-refractivity contribution in [3.05, 3.63) is 140 Å². The number of hydrogen-bond acceptors (Lipinski definition) is 4. The molecule has 4 aliphatic carbocycles. The van der Waals surface area contributed by atoms with Gasteiger partial charge in [0.05, 0.1) is 22.7 Å². The van der Waals surface area contributed by atoms with Crippen LogP contribution in [0.1, 0.15) is 206 Å². The van der Waals surface area contributed by atoms with E-state index in [1.807, 2.05) is 36.4 Å². The zero-order valence-corrected chi connectivity index (χ0v) is 50.3. The molecular weight excluding hydrogens is 1020 g/mol. The van der Waals surface area contributed by atoms with E-state index in [9.17, 15) is 19.2 Å². The fourth-order valence-electron chi connectivity index (χ4n) is 12.9. The Kier molecular flexibility index (Phi) is 15.4. The molecule has 12 heteroatoms. The fraction of sp³-hybridized carbons (Fsp3) is 0.486. The summed E-state index contributed by atoms with van der Waals surface area (Å²) < 4.78 is 0. The van der Waals surface area contributed by atoms with Gasteiger partial charge in [-0.2, -0.15) is 0 Å². The molecule has 432 valence electrons. The van der Waals surface area contributed by atoms with Crippen LogP contribution in [0, 0.1) is 45.3 Å². The van der Waals surface area contributed by atoms with E-state index < -0.39 is 0 Å². The Balaban J connectivity index is 1.16. The molecule has 4 amide bonds. The second kappa shape index (κ2) is 22.2. The minimum Gasteiger partial charge on any atom is -0.355 e. The van der Waals surface area contributed by atoms with Gasteiger partial charge in [-0.1, -0.05) is 133 Å². The maximum Gasteiger partial charge on any atom is 0.228 e. The van der Waals surface area contributed by atoms with Crippen LogP contribution in [-0.2, 0) is 19.2 Å². The lowest BCUT2D eigenvalue weighted by molar-refractivity contribution is -0.118. The van der Waals surface area contributed by atoms with Crippen LogP contribution < -0.4 is 42.7 Å². The van der Waals surface area contributed by atoms with Crippen molar-refractivity contribution in [2.45, 2.75) is 172 Å². The molecule has 1 aliphatic heterocycles. The van der Waals surface area contributed by atoms with Crippen LogP contribution in [0.5, 0.6) is 0 Å². The second-order valence-corrected chi connectivity index (χ2v) is 27.6. The molecule has 4 aromatic heterocycles. The highest BCUT2D eigenvalue weighted by Gasteiger charge is 2.53. The molecule has 6 aromatic rings. The number of anilines is 4. The van der Waals surface area contributed by atoms with Gasteiger partial charge in [-0.25, -0.2) is 0 Å². The quantitative estimate of drug-likeness (QED) is 0.0316. The van der Waals surface area contributed by atoms with E-state index in [2.05, 4.69) is 159 Å². The number of fused-ring (bicyclic) bond motifs is 8. The van der Waals surface area contributed by atoms with Crippen molar-refractivity contribution in [2.75, 3.05) is 21.3 Å². The van der Waals surface area contributed by atoms with Crippen LogP contribution in [0.2, 0.25) is 0 Å². The number of nitrogens with one attached hydrogen (secondary N) is 8. The standard InChI is InChI=1S/C70H88N8O4/c1-11-13-15-17-19-23-41-47-29-33-55(71-47)61(59-51(75-63(79)43-37-67(43,3)4)25-21-26-52(59)76-64(80)44-38-68(44,5)6)57-35-31-49(73-57)42(24-20-18-16-14-12-2)50-32-36-58(74-50)62(56-34-30-48(41)72-56)60-53(77-65(81)45-39-69(45,7)8)27-22-28-54(60)78-66(82)46-40-70(46,9)10/h21-22,25-36,43-46,71-74H,11-20,23-24,37-40H2,1-10H3,(H,75,79)(H,76,80)(H,77,81)(H,78,82)/t43-,44+,45-,46+. The number of H-pyrrole nitrogens is 4. The van der Waals surface area contributed by atoms with E-state index in [4.69, 9.17) is 0 Å². The molecule has 0 radical (unpaired) electrons. The minimum absolute atomic E-state index is 0.0249. The third-order valence-corrected chi connectivity index (χ3v) is 19.2. The average Bonchev–Trinajstić information content (AvgIpc) is 4.24. The number of aromatic nitrogens is 4. The lowest BCUT2D eigenvalue weighted by atomic mass is 9.97. The average molecular weight is 1110 g/mol. The summed E-state index contributed by atoms with van der Waals surface area (Å²) in [5.41, 5.74) is 11.1. The van der Waals surface area contributed by atoms with E-state index in [0.29, 0.717) is 22.7 Å². The van der Waals surface area contributed by atoms with Crippen molar-refractivity contribution in [2.24, 2.45) is 45.3 Å². The van der Waals surface area contributed by atoms with Crippen LogP contribution >= 0.6 is 0 Å². The first-order chi connectivity index (χ1) is 39.2. The summed E-state index contributed by atoms with van der Waals surface area (Å²) in [7, 11) is 0. The number of benzene rings is 2. The maximum atomic E-state index is 14.3. The van der Waals surface area contributed by atoms with Gasteiger partial charge in [0, 0.05) is 90.1 Å². The topological polar surface area (TPSA) is 180 Å². The monoisotopic (exact) mass is 1100 g/mol. The smallest absolute Gasteiger partial charge is 0.228 e. The maximum absolute atomic E-state index is 14.3. The molecule has 5 aliphatic rings. The van der Waals surface area contributed by atoms with Crippen molar-refractivity contribution < 1.29 is 19.2 Å². The highest BCUT2D eigenvalue weighted by atomic mass is 16.2. The number of unbranched alkanes of at least 4 members (excludes halogenated alkanes) is 8. The van der Waals surface area contributed by atoms with Crippen molar-refractivity contribution in [1.29, 1.82) is 0 Å². The molecule has 4 saturated carbocycles. The number of carbonyl (C=O) groups is 4. The lowest BCUT2D eigenvalue weighted by Gasteiger charge is -2.19. The van der Waals surface area contributed by atoms with E-state index in [1.54, 1.807) is 0 Å². The lowest BCUT2D eigenvalue weighted by Crippen LogP contribution is -2.23. The van der Waals surface area contributed by atoms with E-state index in [0.717, 1.165) is 167 Å². The fourth-order valence-corrected chi connectivity index (χ4v) is 12.9. The van der Waals surface area contributed by atoms with Crippen molar-refractivity contribution >= 4 is 68.7 Å². The number of carbonyl (C=O) groups excluding carboxylic acids is 4. The molecule has 4 atom stereocenters. The van der Waals surface area contributed by atoms with Gasteiger partial charge in [-0.15, -0.1) is 0 Å². The Bertz CT molecular complexity index is 3370. The van der Waals surface area contributed by atoms with Crippen molar-refractivity contribution in [3.8, 4) is 0 Å². The van der Waals surface area contributed by atoms with Gasteiger partial charge in [-0.3, -0.25) is 19.2 Å². The van der Waals surface area contributed by atoms with E-state index >= 15 is 0 Å². The Hall–Kier alpha value is -7.08. The summed E-state index contributed by atoms with van der Waals surface area (Å²) in [6, 6.07) is 29.0. The number of rotatable bonds is 22.